The molecular formula is C19H16N4O2. The molecule has 2 aromatic carbocycles. The lowest BCUT2D eigenvalue weighted by molar-refractivity contribution is -0.384. The first kappa shape index (κ1) is 15.1. The van der Waals surface area contributed by atoms with Gasteiger partial charge in [-0.15, -0.1) is 0 Å². The summed E-state index contributed by atoms with van der Waals surface area (Å²) in [6.45, 7) is 2.06. The van der Waals surface area contributed by atoms with Crippen LogP contribution in [-0.2, 0) is 7.05 Å². The van der Waals surface area contributed by atoms with Crippen LogP contribution in [0.25, 0.3) is 28.3 Å². The van der Waals surface area contributed by atoms with Gasteiger partial charge in [0.25, 0.3) is 5.69 Å². The predicted molar refractivity (Wildman–Crippen MR) is 96.4 cm³/mol. The molecule has 25 heavy (non-hydrogen) atoms. The molecule has 0 aliphatic carbocycles. The van der Waals surface area contributed by atoms with Crippen LogP contribution in [0.5, 0.6) is 0 Å². The highest BCUT2D eigenvalue weighted by atomic mass is 16.6. The van der Waals surface area contributed by atoms with Crippen LogP contribution in [-0.4, -0.2) is 18.9 Å². The largest absolute Gasteiger partial charge is 0.313 e. The molecule has 0 bridgehead atoms. The van der Waals surface area contributed by atoms with Gasteiger partial charge in [0.1, 0.15) is 0 Å². The standard InChI is InChI=1S/C19H16N4O2/c1-13-6-8-14(9-7-13)18-12-22-11-17(20-19(22)21(18)2)15-4-3-5-16(10-15)23(24)25/h3-12H,1-2H3. The van der Waals surface area contributed by atoms with Crippen molar-refractivity contribution in [1.29, 1.82) is 0 Å². The average Bonchev–Trinajstić information content (AvgIpc) is 3.16. The van der Waals surface area contributed by atoms with Crippen molar-refractivity contribution < 1.29 is 4.92 Å². The maximum Gasteiger partial charge on any atom is 0.270 e. The Hall–Kier alpha value is -3.41. The average molecular weight is 332 g/mol. The minimum absolute atomic E-state index is 0.0647. The van der Waals surface area contributed by atoms with Gasteiger partial charge in [-0.3, -0.25) is 14.5 Å². The number of nitro groups is 1. The van der Waals surface area contributed by atoms with Crippen molar-refractivity contribution in [3.63, 3.8) is 0 Å². The second kappa shape index (κ2) is 5.59. The zero-order valence-corrected chi connectivity index (χ0v) is 13.9. The van der Waals surface area contributed by atoms with Crippen LogP contribution >= 0.6 is 0 Å². The molecule has 6 heteroatoms. The summed E-state index contributed by atoms with van der Waals surface area (Å²) in [5, 5.41) is 11.0. The summed E-state index contributed by atoms with van der Waals surface area (Å²) in [7, 11) is 1.97. The molecule has 6 nitrogen and oxygen atoms in total. The van der Waals surface area contributed by atoms with Crippen LogP contribution in [0.4, 0.5) is 5.69 Å². The maximum absolute atomic E-state index is 11.0. The number of rotatable bonds is 3. The van der Waals surface area contributed by atoms with E-state index in [0.29, 0.717) is 5.69 Å². The number of nitro benzene ring substituents is 1. The van der Waals surface area contributed by atoms with E-state index in [1.807, 2.05) is 34.5 Å². The van der Waals surface area contributed by atoms with E-state index < -0.39 is 4.92 Å². The molecule has 0 fully saturated rings. The molecule has 0 saturated carbocycles. The molecule has 0 aliphatic heterocycles. The monoisotopic (exact) mass is 332 g/mol. The first-order chi connectivity index (χ1) is 12.0. The van der Waals surface area contributed by atoms with Crippen LogP contribution in [0.15, 0.2) is 60.9 Å². The smallest absolute Gasteiger partial charge is 0.270 e. The Morgan fingerprint density at radius 3 is 2.48 bits per heavy atom. The Balaban J connectivity index is 1.79. The first-order valence-electron chi connectivity index (χ1n) is 7.89. The summed E-state index contributed by atoms with van der Waals surface area (Å²) < 4.78 is 3.97. The van der Waals surface area contributed by atoms with Crippen LogP contribution in [0.3, 0.4) is 0 Å². The van der Waals surface area contributed by atoms with Crippen LogP contribution < -0.4 is 0 Å². The maximum atomic E-state index is 11.0. The fourth-order valence-electron chi connectivity index (χ4n) is 2.96. The quantitative estimate of drug-likeness (QED) is 0.417. The van der Waals surface area contributed by atoms with E-state index in [-0.39, 0.29) is 5.69 Å². The summed E-state index contributed by atoms with van der Waals surface area (Å²) >= 11 is 0. The summed E-state index contributed by atoms with van der Waals surface area (Å²) in [4.78, 5) is 15.2. The van der Waals surface area contributed by atoms with Crippen LogP contribution in [0.2, 0.25) is 0 Å². The molecule has 0 aliphatic rings. The van der Waals surface area contributed by atoms with Crippen molar-refractivity contribution in [2.24, 2.45) is 7.05 Å². The zero-order valence-electron chi connectivity index (χ0n) is 13.9. The lowest BCUT2D eigenvalue weighted by Crippen LogP contribution is -1.93. The summed E-state index contributed by atoms with van der Waals surface area (Å²) in [6.07, 6.45) is 3.92. The Morgan fingerprint density at radius 2 is 1.80 bits per heavy atom. The van der Waals surface area contributed by atoms with Gasteiger partial charge in [0.15, 0.2) is 0 Å². The van der Waals surface area contributed by atoms with Crippen LogP contribution in [0, 0.1) is 17.0 Å². The number of benzene rings is 2. The minimum Gasteiger partial charge on any atom is -0.313 e. The SMILES string of the molecule is Cc1ccc(-c2cn3cc(-c4cccc([N+](=O)[O-])c4)nc3n2C)cc1. The van der Waals surface area contributed by atoms with Crippen molar-refractivity contribution in [2.45, 2.75) is 6.92 Å². The predicted octanol–water partition coefficient (Wildman–Crippen LogP) is 4.22. The topological polar surface area (TPSA) is 65.4 Å². The summed E-state index contributed by atoms with van der Waals surface area (Å²) in [5.41, 5.74) is 4.91. The number of aromatic nitrogens is 3. The number of imidazole rings is 2. The number of fused-ring (bicyclic) bond motifs is 1. The Morgan fingerprint density at radius 1 is 1.04 bits per heavy atom. The number of nitrogens with zero attached hydrogens (tertiary/aromatic N) is 4. The molecule has 4 aromatic rings. The van der Waals surface area contributed by atoms with Gasteiger partial charge in [0, 0.05) is 37.1 Å². The van der Waals surface area contributed by atoms with E-state index in [4.69, 9.17) is 0 Å². The molecule has 0 N–H and O–H groups in total. The molecule has 0 atom stereocenters. The van der Waals surface area contributed by atoms with Gasteiger partial charge in [0.05, 0.1) is 16.3 Å². The lowest BCUT2D eigenvalue weighted by atomic mass is 10.1. The second-order valence-corrected chi connectivity index (χ2v) is 6.08. The molecule has 2 heterocycles. The van der Waals surface area contributed by atoms with Crippen molar-refractivity contribution in [3.05, 3.63) is 76.6 Å². The molecular weight excluding hydrogens is 316 g/mol. The van der Waals surface area contributed by atoms with Gasteiger partial charge in [0.2, 0.25) is 5.78 Å². The van der Waals surface area contributed by atoms with Gasteiger partial charge in [-0.25, -0.2) is 4.98 Å². The fraction of sp³-hybridized carbons (Fsp3) is 0.105. The van der Waals surface area contributed by atoms with Crippen molar-refractivity contribution in [2.75, 3.05) is 0 Å². The summed E-state index contributed by atoms with van der Waals surface area (Å²) in [5.74, 6) is 0.789. The van der Waals surface area contributed by atoms with E-state index >= 15 is 0 Å². The van der Waals surface area contributed by atoms with Gasteiger partial charge in [-0.1, -0.05) is 42.0 Å². The molecule has 2 aromatic heterocycles. The molecule has 4 rings (SSSR count). The van der Waals surface area contributed by atoms with Crippen molar-refractivity contribution in [3.8, 4) is 22.5 Å². The van der Waals surface area contributed by atoms with Gasteiger partial charge in [-0.05, 0) is 12.5 Å². The Labute approximate surface area is 144 Å². The summed E-state index contributed by atoms with van der Waals surface area (Å²) in [6, 6.07) is 14.9. The Kier molecular flexibility index (Phi) is 3.39. The minimum atomic E-state index is -0.394. The molecule has 0 amide bonds. The van der Waals surface area contributed by atoms with E-state index in [0.717, 1.165) is 22.6 Å². The molecule has 0 radical (unpaired) electrons. The van der Waals surface area contributed by atoms with Gasteiger partial charge < -0.3 is 4.57 Å². The van der Waals surface area contributed by atoms with E-state index in [1.165, 1.54) is 11.6 Å². The zero-order chi connectivity index (χ0) is 17.6. The van der Waals surface area contributed by atoms with Crippen molar-refractivity contribution >= 4 is 11.5 Å². The fourth-order valence-corrected chi connectivity index (χ4v) is 2.96. The Bertz CT molecular complexity index is 1090. The first-order valence-corrected chi connectivity index (χ1v) is 7.89. The molecule has 0 unspecified atom stereocenters. The number of aryl methyl sites for hydroxylation is 2. The molecule has 124 valence electrons. The second-order valence-electron chi connectivity index (χ2n) is 6.08. The highest BCUT2D eigenvalue weighted by molar-refractivity contribution is 5.68. The third-order valence-corrected chi connectivity index (χ3v) is 4.34. The highest BCUT2D eigenvalue weighted by Crippen LogP contribution is 2.27. The molecule has 0 saturated heterocycles. The van der Waals surface area contributed by atoms with E-state index in [2.05, 4.69) is 36.2 Å². The lowest BCUT2D eigenvalue weighted by Gasteiger charge is -2.03. The number of hydrogen-bond donors (Lipinski definition) is 0. The van der Waals surface area contributed by atoms with Crippen LogP contribution in [0.1, 0.15) is 5.56 Å². The third kappa shape index (κ3) is 2.57. The van der Waals surface area contributed by atoms with E-state index in [1.54, 1.807) is 12.1 Å². The van der Waals surface area contributed by atoms with E-state index in [9.17, 15) is 10.1 Å². The van der Waals surface area contributed by atoms with Gasteiger partial charge >= 0.3 is 0 Å². The normalized spacial score (nSPS) is 11.1. The number of non-ortho nitro benzene ring substituents is 1. The van der Waals surface area contributed by atoms with Gasteiger partial charge in [-0.2, -0.15) is 0 Å². The molecule has 0 spiro atoms. The van der Waals surface area contributed by atoms with Crippen molar-refractivity contribution in [1.82, 2.24) is 14.0 Å². The highest BCUT2D eigenvalue weighted by Gasteiger charge is 2.14. The number of hydrogen-bond acceptors (Lipinski definition) is 3. The third-order valence-electron chi connectivity index (χ3n) is 4.34.